The van der Waals surface area contributed by atoms with Crippen LogP contribution in [0.4, 0.5) is 11.5 Å². The number of pyridine rings is 1. The van der Waals surface area contributed by atoms with Crippen LogP contribution in [-0.4, -0.2) is 23.0 Å². The van der Waals surface area contributed by atoms with E-state index in [-0.39, 0.29) is 11.1 Å². The molecule has 0 unspecified atom stereocenters. The highest BCUT2D eigenvalue weighted by atomic mass is 35.5. The van der Waals surface area contributed by atoms with Gasteiger partial charge in [0.25, 0.3) is 0 Å². The predicted molar refractivity (Wildman–Crippen MR) is 75.7 cm³/mol. The van der Waals surface area contributed by atoms with E-state index in [0.29, 0.717) is 11.0 Å². The van der Waals surface area contributed by atoms with Crippen molar-refractivity contribution in [2.24, 2.45) is 5.41 Å². The summed E-state index contributed by atoms with van der Waals surface area (Å²) in [4.78, 5) is 16.9. The van der Waals surface area contributed by atoms with Crippen molar-refractivity contribution in [2.45, 2.75) is 33.1 Å². The Morgan fingerprint density at radius 3 is 2.68 bits per heavy atom. The van der Waals surface area contributed by atoms with Gasteiger partial charge in [-0.1, -0.05) is 25.4 Å². The Labute approximate surface area is 117 Å². The molecule has 1 aliphatic heterocycles. The average Bonchev–Trinajstić information content (AvgIpc) is 2.83. The van der Waals surface area contributed by atoms with Crippen molar-refractivity contribution in [3.63, 3.8) is 0 Å². The van der Waals surface area contributed by atoms with Crippen LogP contribution >= 0.6 is 11.6 Å². The lowest BCUT2D eigenvalue weighted by Gasteiger charge is -2.26. The number of anilines is 1. The molecule has 0 amide bonds. The molecule has 0 atom stereocenters. The quantitative estimate of drug-likeness (QED) is 0.481. The van der Waals surface area contributed by atoms with Crippen LogP contribution < -0.4 is 4.90 Å². The minimum absolute atomic E-state index is 0.0346. The lowest BCUT2D eigenvalue weighted by Crippen LogP contribution is -2.27. The topological polar surface area (TPSA) is 59.3 Å². The standard InChI is InChI=1S/C13H18ClN3O2/c1-3-13(4-2)7-8-16(9-13)12-10(17(18)19)5-6-11(14)15-12/h5-6H,3-4,7-9H2,1-2H3. The number of aromatic nitrogens is 1. The molecule has 19 heavy (non-hydrogen) atoms. The SMILES string of the molecule is CCC1(CC)CCN(c2nc(Cl)ccc2[N+](=O)[O-])C1. The third-order valence-electron chi connectivity index (χ3n) is 4.26. The number of halogens is 1. The molecule has 1 saturated heterocycles. The Kier molecular flexibility index (Phi) is 3.94. The third-order valence-corrected chi connectivity index (χ3v) is 4.47. The zero-order valence-electron chi connectivity index (χ0n) is 11.2. The van der Waals surface area contributed by atoms with E-state index in [1.807, 2.05) is 4.90 Å². The minimum Gasteiger partial charge on any atom is -0.350 e. The van der Waals surface area contributed by atoms with Crippen molar-refractivity contribution in [1.82, 2.24) is 4.98 Å². The van der Waals surface area contributed by atoms with Gasteiger partial charge in [-0.05, 0) is 30.7 Å². The van der Waals surface area contributed by atoms with Gasteiger partial charge in [-0.15, -0.1) is 0 Å². The minimum atomic E-state index is -0.392. The van der Waals surface area contributed by atoms with E-state index in [1.54, 1.807) is 0 Å². The van der Waals surface area contributed by atoms with Gasteiger partial charge in [-0.3, -0.25) is 10.1 Å². The monoisotopic (exact) mass is 283 g/mol. The highest BCUT2D eigenvalue weighted by Crippen LogP contribution is 2.40. The molecule has 2 heterocycles. The van der Waals surface area contributed by atoms with Crippen molar-refractivity contribution < 1.29 is 4.92 Å². The second-order valence-corrected chi connectivity index (χ2v) is 5.50. The number of rotatable bonds is 4. The number of nitrogens with zero attached hydrogens (tertiary/aromatic N) is 3. The fourth-order valence-electron chi connectivity index (χ4n) is 2.74. The molecule has 0 aliphatic carbocycles. The van der Waals surface area contributed by atoms with Gasteiger partial charge in [0.15, 0.2) is 0 Å². The van der Waals surface area contributed by atoms with E-state index in [0.717, 1.165) is 32.4 Å². The molecule has 5 nitrogen and oxygen atoms in total. The Balaban J connectivity index is 2.33. The molecule has 6 heteroatoms. The average molecular weight is 284 g/mol. The normalized spacial score (nSPS) is 17.7. The second kappa shape index (κ2) is 5.33. The maximum atomic E-state index is 11.1. The van der Waals surface area contributed by atoms with E-state index in [4.69, 9.17) is 11.6 Å². The third kappa shape index (κ3) is 2.66. The largest absolute Gasteiger partial charge is 0.350 e. The molecule has 0 aromatic carbocycles. The van der Waals surface area contributed by atoms with Crippen LogP contribution in [0.1, 0.15) is 33.1 Å². The Bertz CT molecular complexity index is 489. The predicted octanol–water partition coefficient (Wildman–Crippen LogP) is 3.66. The Morgan fingerprint density at radius 2 is 2.16 bits per heavy atom. The van der Waals surface area contributed by atoms with Crippen molar-refractivity contribution in [1.29, 1.82) is 0 Å². The zero-order valence-corrected chi connectivity index (χ0v) is 12.0. The molecule has 1 fully saturated rings. The molecule has 0 bridgehead atoms. The summed E-state index contributed by atoms with van der Waals surface area (Å²) in [6, 6.07) is 2.90. The second-order valence-electron chi connectivity index (χ2n) is 5.11. The molecule has 2 rings (SSSR count). The van der Waals surface area contributed by atoms with Crippen LogP contribution in [0.25, 0.3) is 0 Å². The fourth-order valence-corrected chi connectivity index (χ4v) is 2.88. The van der Waals surface area contributed by atoms with Crippen LogP contribution in [0.5, 0.6) is 0 Å². The summed E-state index contributed by atoms with van der Waals surface area (Å²) in [7, 11) is 0. The van der Waals surface area contributed by atoms with Gasteiger partial charge >= 0.3 is 5.69 Å². The number of hydrogen-bond acceptors (Lipinski definition) is 4. The van der Waals surface area contributed by atoms with Crippen LogP contribution in [0.2, 0.25) is 5.15 Å². The van der Waals surface area contributed by atoms with E-state index in [2.05, 4.69) is 18.8 Å². The molecule has 0 N–H and O–H groups in total. The van der Waals surface area contributed by atoms with Crippen molar-refractivity contribution >= 4 is 23.1 Å². The van der Waals surface area contributed by atoms with Crippen LogP contribution in [0, 0.1) is 15.5 Å². The summed E-state index contributed by atoms with van der Waals surface area (Å²) in [5.74, 6) is 0.404. The molecular weight excluding hydrogens is 266 g/mol. The summed E-state index contributed by atoms with van der Waals surface area (Å²) in [6.07, 6.45) is 3.20. The van der Waals surface area contributed by atoms with Crippen LogP contribution in [-0.2, 0) is 0 Å². The summed E-state index contributed by atoms with van der Waals surface area (Å²) < 4.78 is 0. The van der Waals surface area contributed by atoms with Crippen LogP contribution in [0.3, 0.4) is 0 Å². The van der Waals surface area contributed by atoms with E-state index < -0.39 is 4.92 Å². The maximum Gasteiger partial charge on any atom is 0.311 e. The summed E-state index contributed by atoms with van der Waals surface area (Å²) in [5, 5.41) is 11.4. The molecule has 0 radical (unpaired) electrons. The van der Waals surface area contributed by atoms with Gasteiger partial charge in [0, 0.05) is 19.2 Å². The summed E-state index contributed by atoms with van der Waals surface area (Å²) in [5.41, 5.74) is 0.283. The number of hydrogen-bond donors (Lipinski definition) is 0. The maximum absolute atomic E-state index is 11.1. The Morgan fingerprint density at radius 1 is 1.47 bits per heavy atom. The molecular formula is C13H18ClN3O2. The Hall–Kier alpha value is -1.36. The van der Waals surface area contributed by atoms with Gasteiger partial charge in [-0.25, -0.2) is 4.98 Å². The molecule has 1 aromatic rings. The van der Waals surface area contributed by atoms with E-state index in [1.165, 1.54) is 12.1 Å². The summed E-state index contributed by atoms with van der Waals surface area (Å²) in [6.45, 7) is 5.96. The zero-order chi connectivity index (χ0) is 14.0. The summed E-state index contributed by atoms with van der Waals surface area (Å²) >= 11 is 5.88. The smallest absolute Gasteiger partial charge is 0.311 e. The molecule has 1 aliphatic rings. The van der Waals surface area contributed by atoms with Gasteiger partial charge in [0.1, 0.15) is 5.15 Å². The lowest BCUT2D eigenvalue weighted by atomic mass is 9.82. The van der Waals surface area contributed by atoms with E-state index >= 15 is 0 Å². The molecule has 1 aromatic heterocycles. The highest BCUT2D eigenvalue weighted by molar-refractivity contribution is 6.29. The highest BCUT2D eigenvalue weighted by Gasteiger charge is 2.37. The molecule has 104 valence electrons. The lowest BCUT2D eigenvalue weighted by molar-refractivity contribution is -0.384. The fraction of sp³-hybridized carbons (Fsp3) is 0.615. The van der Waals surface area contributed by atoms with Crippen molar-refractivity contribution in [3.8, 4) is 0 Å². The van der Waals surface area contributed by atoms with Crippen molar-refractivity contribution in [2.75, 3.05) is 18.0 Å². The van der Waals surface area contributed by atoms with E-state index in [9.17, 15) is 10.1 Å². The first kappa shape index (κ1) is 14.1. The van der Waals surface area contributed by atoms with Gasteiger partial charge in [0.2, 0.25) is 5.82 Å². The first-order valence-electron chi connectivity index (χ1n) is 6.57. The molecule has 0 saturated carbocycles. The number of nitro groups is 1. The van der Waals surface area contributed by atoms with Crippen molar-refractivity contribution in [3.05, 3.63) is 27.4 Å². The first-order valence-corrected chi connectivity index (χ1v) is 6.95. The van der Waals surface area contributed by atoms with Gasteiger partial charge < -0.3 is 4.90 Å². The first-order chi connectivity index (χ1) is 9.01. The van der Waals surface area contributed by atoms with Crippen LogP contribution in [0.15, 0.2) is 12.1 Å². The van der Waals surface area contributed by atoms with Gasteiger partial charge in [0.05, 0.1) is 4.92 Å². The molecule has 0 spiro atoms. The van der Waals surface area contributed by atoms with Gasteiger partial charge in [-0.2, -0.15) is 0 Å².